The van der Waals surface area contributed by atoms with E-state index in [1.807, 2.05) is 24.3 Å². The highest BCUT2D eigenvalue weighted by Crippen LogP contribution is 2.24. The molecule has 1 unspecified atom stereocenters. The van der Waals surface area contributed by atoms with Gasteiger partial charge in [-0.3, -0.25) is 4.79 Å². The summed E-state index contributed by atoms with van der Waals surface area (Å²) in [7, 11) is 1.60. The van der Waals surface area contributed by atoms with Gasteiger partial charge in [0, 0.05) is 6.54 Å². The van der Waals surface area contributed by atoms with Crippen LogP contribution in [-0.4, -0.2) is 26.1 Å². The van der Waals surface area contributed by atoms with Crippen LogP contribution in [-0.2, 0) is 4.79 Å². The van der Waals surface area contributed by atoms with Crippen LogP contribution >= 0.6 is 0 Å². The number of nitrogens with one attached hydrogen (secondary N) is 2. The number of anilines is 1. The van der Waals surface area contributed by atoms with Crippen molar-refractivity contribution in [2.75, 3.05) is 25.5 Å². The average molecular weight is 234 g/mol. The molecule has 1 aromatic rings. The third-order valence-corrected chi connectivity index (χ3v) is 3.03. The topological polar surface area (TPSA) is 50.4 Å². The lowest BCUT2D eigenvalue weighted by Gasteiger charge is -2.22. The molecule has 1 fully saturated rings. The number of hydrogen-bond acceptors (Lipinski definition) is 3. The van der Waals surface area contributed by atoms with E-state index in [-0.39, 0.29) is 11.8 Å². The summed E-state index contributed by atoms with van der Waals surface area (Å²) in [4.78, 5) is 12.0. The highest BCUT2D eigenvalue weighted by atomic mass is 16.5. The third kappa shape index (κ3) is 2.97. The lowest BCUT2D eigenvalue weighted by atomic mass is 9.99. The number of rotatable bonds is 3. The van der Waals surface area contributed by atoms with E-state index in [2.05, 4.69) is 10.6 Å². The molecule has 0 aromatic heterocycles. The number of methoxy groups -OCH3 is 1. The summed E-state index contributed by atoms with van der Waals surface area (Å²) in [5, 5.41) is 6.17. The molecule has 4 heteroatoms. The summed E-state index contributed by atoms with van der Waals surface area (Å²) in [5.74, 6) is 0.833. The van der Waals surface area contributed by atoms with Gasteiger partial charge in [0.15, 0.2) is 0 Å². The lowest BCUT2D eigenvalue weighted by Crippen LogP contribution is -2.37. The molecule has 0 spiro atoms. The van der Waals surface area contributed by atoms with Crippen molar-refractivity contribution in [3.05, 3.63) is 24.3 Å². The smallest absolute Gasteiger partial charge is 0.228 e. The second-order valence-electron chi connectivity index (χ2n) is 4.23. The summed E-state index contributed by atoms with van der Waals surface area (Å²) in [5.41, 5.74) is 0.741. The monoisotopic (exact) mass is 234 g/mol. The molecule has 2 N–H and O–H groups in total. The van der Waals surface area contributed by atoms with Crippen molar-refractivity contribution in [1.29, 1.82) is 0 Å². The molecule has 17 heavy (non-hydrogen) atoms. The highest BCUT2D eigenvalue weighted by Gasteiger charge is 2.21. The van der Waals surface area contributed by atoms with Crippen molar-refractivity contribution in [3.8, 4) is 5.75 Å². The summed E-state index contributed by atoms with van der Waals surface area (Å²) >= 11 is 0. The Labute approximate surface area is 101 Å². The number of benzene rings is 1. The molecule has 0 saturated carbocycles. The third-order valence-electron chi connectivity index (χ3n) is 3.03. The first-order valence-corrected chi connectivity index (χ1v) is 5.96. The van der Waals surface area contributed by atoms with Crippen LogP contribution in [0, 0.1) is 5.92 Å². The average Bonchev–Trinajstić information content (AvgIpc) is 2.40. The van der Waals surface area contributed by atoms with Gasteiger partial charge in [0.25, 0.3) is 0 Å². The Kier molecular flexibility index (Phi) is 3.98. The van der Waals surface area contributed by atoms with Crippen molar-refractivity contribution in [2.45, 2.75) is 12.8 Å². The molecule has 1 aliphatic rings. The van der Waals surface area contributed by atoms with Gasteiger partial charge in [-0.05, 0) is 31.5 Å². The van der Waals surface area contributed by atoms with Crippen molar-refractivity contribution >= 4 is 11.6 Å². The fraction of sp³-hybridized carbons (Fsp3) is 0.462. The molecule has 1 aliphatic heterocycles. The molecular weight excluding hydrogens is 216 g/mol. The van der Waals surface area contributed by atoms with Crippen molar-refractivity contribution in [1.82, 2.24) is 5.32 Å². The Morgan fingerprint density at radius 3 is 3.00 bits per heavy atom. The SMILES string of the molecule is COc1ccccc1NC(=O)C1CCCNC1. The van der Waals surface area contributed by atoms with Crippen LogP contribution in [0.5, 0.6) is 5.75 Å². The van der Waals surface area contributed by atoms with Crippen LogP contribution in [0.15, 0.2) is 24.3 Å². The van der Waals surface area contributed by atoms with Crippen molar-refractivity contribution in [2.24, 2.45) is 5.92 Å². The fourth-order valence-electron chi connectivity index (χ4n) is 2.06. The molecule has 0 aliphatic carbocycles. The quantitative estimate of drug-likeness (QED) is 0.835. The Bertz CT molecular complexity index is 387. The normalized spacial score (nSPS) is 19.7. The second kappa shape index (κ2) is 5.68. The van der Waals surface area contributed by atoms with E-state index in [1.54, 1.807) is 7.11 Å². The number of para-hydroxylation sites is 2. The van der Waals surface area contributed by atoms with Gasteiger partial charge >= 0.3 is 0 Å². The maximum Gasteiger partial charge on any atom is 0.228 e. The second-order valence-corrected chi connectivity index (χ2v) is 4.23. The van der Waals surface area contributed by atoms with Crippen LogP contribution in [0.25, 0.3) is 0 Å². The fourth-order valence-corrected chi connectivity index (χ4v) is 2.06. The summed E-state index contributed by atoms with van der Waals surface area (Å²) in [6.07, 6.45) is 2.01. The van der Waals surface area contributed by atoms with E-state index in [0.29, 0.717) is 5.75 Å². The van der Waals surface area contributed by atoms with E-state index in [0.717, 1.165) is 31.6 Å². The maximum atomic E-state index is 12.0. The van der Waals surface area contributed by atoms with Gasteiger partial charge in [-0.2, -0.15) is 0 Å². The minimum absolute atomic E-state index is 0.0636. The Balaban J connectivity index is 2.01. The van der Waals surface area contributed by atoms with E-state index < -0.39 is 0 Å². The molecule has 1 saturated heterocycles. The van der Waals surface area contributed by atoms with Gasteiger partial charge in [-0.1, -0.05) is 12.1 Å². The molecular formula is C13H18N2O2. The zero-order valence-corrected chi connectivity index (χ0v) is 10.0. The van der Waals surface area contributed by atoms with Crippen LogP contribution in [0.1, 0.15) is 12.8 Å². The van der Waals surface area contributed by atoms with Crippen molar-refractivity contribution in [3.63, 3.8) is 0 Å². The first-order chi connectivity index (χ1) is 8.31. The number of hydrogen-bond donors (Lipinski definition) is 2. The molecule has 1 amide bonds. The predicted molar refractivity (Wildman–Crippen MR) is 67.2 cm³/mol. The first kappa shape index (κ1) is 11.9. The summed E-state index contributed by atoms with van der Waals surface area (Å²) in [6.45, 7) is 1.78. The number of ether oxygens (including phenoxy) is 1. The van der Waals surface area contributed by atoms with Crippen LogP contribution in [0.2, 0.25) is 0 Å². The zero-order chi connectivity index (χ0) is 12.1. The summed E-state index contributed by atoms with van der Waals surface area (Å²) < 4.78 is 5.20. The van der Waals surface area contributed by atoms with Gasteiger partial charge < -0.3 is 15.4 Å². The molecule has 2 rings (SSSR count). The highest BCUT2D eigenvalue weighted by molar-refractivity contribution is 5.94. The number of carbonyl (C=O) groups excluding carboxylic acids is 1. The van der Waals surface area contributed by atoms with Crippen molar-refractivity contribution < 1.29 is 9.53 Å². The molecule has 0 radical (unpaired) electrons. The van der Waals surface area contributed by atoms with Crippen LogP contribution in [0.4, 0.5) is 5.69 Å². The van der Waals surface area contributed by atoms with E-state index >= 15 is 0 Å². The minimum atomic E-state index is 0.0636. The maximum absolute atomic E-state index is 12.0. The zero-order valence-electron chi connectivity index (χ0n) is 10.0. The number of piperidine rings is 1. The standard InChI is InChI=1S/C13H18N2O2/c1-17-12-7-3-2-6-11(12)15-13(16)10-5-4-8-14-9-10/h2-3,6-7,10,14H,4-5,8-9H2,1H3,(H,15,16). The molecule has 0 bridgehead atoms. The predicted octanol–water partition coefficient (Wildman–Crippen LogP) is 1.63. The molecule has 4 nitrogen and oxygen atoms in total. The lowest BCUT2D eigenvalue weighted by molar-refractivity contribution is -0.120. The van der Waals surface area contributed by atoms with Gasteiger partial charge in [0.1, 0.15) is 5.75 Å². The van der Waals surface area contributed by atoms with Crippen LogP contribution < -0.4 is 15.4 Å². The summed E-state index contributed by atoms with van der Waals surface area (Å²) in [6, 6.07) is 7.47. The van der Waals surface area contributed by atoms with Gasteiger partial charge in [-0.15, -0.1) is 0 Å². The van der Waals surface area contributed by atoms with E-state index in [1.165, 1.54) is 0 Å². The largest absolute Gasteiger partial charge is 0.495 e. The van der Waals surface area contributed by atoms with Gasteiger partial charge in [-0.25, -0.2) is 0 Å². The molecule has 1 aromatic carbocycles. The van der Waals surface area contributed by atoms with E-state index in [9.17, 15) is 4.79 Å². The van der Waals surface area contributed by atoms with E-state index in [4.69, 9.17) is 4.74 Å². The minimum Gasteiger partial charge on any atom is -0.495 e. The Morgan fingerprint density at radius 2 is 2.29 bits per heavy atom. The number of carbonyl (C=O) groups is 1. The number of amides is 1. The Hall–Kier alpha value is -1.55. The molecule has 1 atom stereocenters. The van der Waals surface area contributed by atoms with Crippen LogP contribution in [0.3, 0.4) is 0 Å². The molecule has 92 valence electrons. The van der Waals surface area contributed by atoms with Gasteiger partial charge in [0.05, 0.1) is 18.7 Å². The first-order valence-electron chi connectivity index (χ1n) is 5.96. The van der Waals surface area contributed by atoms with Gasteiger partial charge in [0.2, 0.25) is 5.91 Å². The Morgan fingerprint density at radius 1 is 1.47 bits per heavy atom. The molecule has 1 heterocycles.